The fourth-order valence-corrected chi connectivity index (χ4v) is 1.74. The van der Waals surface area contributed by atoms with Crippen LogP contribution in [-0.2, 0) is 9.53 Å². The summed E-state index contributed by atoms with van der Waals surface area (Å²) in [6, 6.07) is 0.541. The summed E-state index contributed by atoms with van der Waals surface area (Å²) in [5.41, 5.74) is -0.287. The maximum atomic E-state index is 11.9. The summed E-state index contributed by atoms with van der Waals surface area (Å²) in [6.07, 6.45) is 2.05. The maximum Gasteiger partial charge on any atom is 0.224 e. The summed E-state index contributed by atoms with van der Waals surface area (Å²) in [6.45, 7) is 7.44. The highest BCUT2D eigenvalue weighted by Gasteiger charge is 2.25. The lowest BCUT2D eigenvalue weighted by Gasteiger charge is -2.29. The number of hydrogen-bond acceptors (Lipinski definition) is 3. The molecule has 1 rings (SSSR count). The topological polar surface area (TPSA) is 50.4 Å². The minimum Gasteiger partial charge on any atom is -0.377 e. The van der Waals surface area contributed by atoms with Crippen molar-refractivity contribution in [2.75, 3.05) is 20.2 Å². The van der Waals surface area contributed by atoms with Gasteiger partial charge in [-0.2, -0.15) is 0 Å². The number of amides is 1. The molecular weight excluding hydrogens is 204 g/mol. The van der Waals surface area contributed by atoms with Crippen LogP contribution in [0.1, 0.15) is 33.6 Å². The lowest BCUT2D eigenvalue weighted by Crippen LogP contribution is -2.47. The molecule has 94 valence electrons. The van der Waals surface area contributed by atoms with Crippen molar-refractivity contribution in [3.05, 3.63) is 0 Å². The summed E-state index contributed by atoms with van der Waals surface area (Å²) in [5.74, 6) is 0.258. The number of methoxy groups -OCH3 is 1. The van der Waals surface area contributed by atoms with Crippen LogP contribution in [-0.4, -0.2) is 37.7 Å². The van der Waals surface area contributed by atoms with Crippen LogP contribution < -0.4 is 10.6 Å². The van der Waals surface area contributed by atoms with Crippen LogP contribution in [0.25, 0.3) is 0 Å². The Morgan fingerprint density at radius 3 is 2.69 bits per heavy atom. The quantitative estimate of drug-likeness (QED) is 0.752. The fourth-order valence-electron chi connectivity index (χ4n) is 1.74. The molecule has 0 aromatic heterocycles. The second kappa shape index (κ2) is 5.64. The summed E-state index contributed by atoms with van der Waals surface area (Å²) < 4.78 is 5.26. The number of piperidine rings is 1. The Hall–Kier alpha value is -0.610. The number of ether oxygens (including phenoxy) is 1. The second-order valence-electron chi connectivity index (χ2n) is 5.27. The predicted octanol–water partition coefficient (Wildman–Crippen LogP) is 0.916. The molecule has 16 heavy (non-hydrogen) atoms. The largest absolute Gasteiger partial charge is 0.377 e. The summed E-state index contributed by atoms with van der Waals surface area (Å²) >= 11 is 0. The Labute approximate surface area is 98.1 Å². The highest BCUT2D eigenvalue weighted by atomic mass is 16.5. The van der Waals surface area contributed by atoms with Crippen molar-refractivity contribution in [1.82, 2.24) is 10.6 Å². The second-order valence-corrected chi connectivity index (χ2v) is 5.27. The van der Waals surface area contributed by atoms with Crippen LogP contribution in [0.5, 0.6) is 0 Å². The maximum absolute atomic E-state index is 11.9. The van der Waals surface area contributed by atoms with Gasteiger partial charge in [0.05, 0.1) is 11.5 Å². The third kappa shape index (κ3) is 4.10. The van der Waals surface area contributed by atoms with Crippen LogP contribution in [0.3, 0.4) is 0 Å². The van der Waals surface area contributed by atoms with Crippen LogP contribution in [0, 0.1) is 5.92 Å². The van der Waals surface area contributed by atoms with Gasteiger partial charge in [0.15, 0.2) is 0 Å². The first-order valence-electron chi connectivity index (χ1n) is 6.01. The first-order chi connectivity index (χ1) is 7.44. The average molecular weight is 228 g/mol. The van der Waals surface area contributed by atoms with Crippen molar-refractivity contribution in [2.24, 2.45) is 5.92 Å². The van der Waals surface area contributed by atoms with Crippen molar-refractivity contribution in [1.29, 1.82) is 0 Å². The van der Waals surface area contributed by atoms with Crippen molar-refractivity contribution in [3.8, 4) is 0 Å². The van der Waals surface area contributed by atoms with E-state index in [-0.39, 0.29) is 17.4 Å². The van der Waals surface area contributed by atoms with Crippen LogP contribution in [0.15, 0.2) is 0 Å². The Kier molecular flexibility index (Phi) is 4.74. The third-order valence-electron chi connectivity index (χ3n) is 3.27. The standard InChI is InChI=1S/C12H24N2O2/c1-9-5-6-10(7-13-9)11(15)14-8-12(2,3)16-4/h9-10,13H,5-8H2,1-4H3,(H,14,15). The molecule has 4 nitrogen and oxygen atoms in total. The van der Waals surface area contributed by atoms with Gasteiger partial charge in [-0.1, -0.05) is 0 Å². The van der Waals surface area contributed by atoms with Gasteiger partial charge in [0.25, 0.3) is 0 Å². The van der Waals surface area contributed by atoms with E-state index in [1.54, 1.807) is 7.11 Å². The smallest absolute Gasteiger partial charge is 0.224 e. The first-order valence-corrected chi connectivity index (χ1v) is 6.01. The fraction of sp³-hybridized carbons (Fsp3) is 0.917. The minimum absolute atomic E-state index is 0.115. The van der Waals surface area contributed by atoms with Crippen LogP contribution >= 0.6 is 0 Å². The zero-order valence-electron chi connectivity index (χ0n) is 10.8. The van der Waals surface area contributed by atoms with Crippen molar-refractivity contribution < 1.29 is 9.53 Å². The molecule has 0 radical (unpaired) electrons. The van der Waals surface area contributed by atoms with E-state index < -0.39 is 0 Å². The molecule has 2 unspecified atom stereocenters. The number of hydrogen-bond donors (Lipinski definition) is 2. The van der Waals surface area contributed by atoms with Gasteiger partial charge in [-0.05, 0) is 33.6 Å². The van der Waals surface area contributed by atoms with Gasteiger partial charge in [0, 0.05) is 26.2 Å². The first kappa shape index (κ1) is 13.5. The molecule has 0 saturated carbocycles. The van der Waals surface area contributed by atoms with Crippen LogP contribution in [0.4, 0.5) is 0 Å². The van der Waals surface area contributed by atoms with E-state index >= 15 is 0 Å². The van der Waals surface area contributed by atoms with Gasteiger partial charge in [0.2, 0.25) is 5.91 Å². The number of nitrogens with one attached hydrogen (secondary N) is 2. The predicted molar refractivity (Wildman–Crippen MR) is 64.3 cm³/mol. The highest BCUT2D eigenvalue weighted by molar-refractivity contribution is 5.79. The van der Waals surface area contributed by atoms with Gasteiger partial charge < -0.3 is 15.4 Å². The Morgan fingerprint density at radius 2 is 2.19 bits per heavy atom. The Balaban J connectivity index is 2.30. The van der Waals surface area contributed by atoms with Gasteiger partial charge in [-0.3, -0.25) is 4.79 Å². The lowest BCUT2D eigenvalue weighted by molar-refractivity contribution is -0.126. The van der Waals surface area contributed by atoms with Crippen molar-refractivity contribution >= 4 is 5.91 Å². The van der Waals surface area contributed by atoms with Crippen molar-refractivity contribution in [3.63, 3.8) is 0 Å². The monoisotopic (exact) mass is 228 g/mol. The van der Waals surface area contributed by atoms with E-state index in [9.17, 15) is 4.79 Å². The van der Waals surface area contributed by atoms with Crippen molar-refractivity contribution in [2.45, 2.75) is 45.3 Å². The van der Waals surface area contributed by atoms with E-state index in [0.717, 1.165) is 19.4 Å². The molecule has 0 aromatic rings. The highest BCUT2D eigenvalue weighted by Crippen LogP contribution is 2.14. The molecule has 1 aliphatic rings. The lowest BCUT2D eigenvalue weighted by atomic mass is 9.94. The normalized spacial score (nSPS) is 26.5. The van der Waals surface area contributed by atoms with Gasteiger partial charge >= 0.3 is 0 Å². The van der Waals surface area contributed by atoms with Gasteiger partial charge in [0.1, 0.15) is 0 Å². The number of carbonyl (C=O) groups excluding carboxylic acids is 1. The summed E-state index contributed by atoms with van der Waals surface area (Å²) in [7, 11) is 1.66. The summed E-state index contributed by atoms with van der Waals surface area (Å²) in [4.78, 5) is 11.9. The molecule has 1 saturated heterocycles. The molecule has 1 fully saturated rings. The Morgan fingerprint density at radius 1 is 1.50 bits per heavy atom. The number of rotatable bonds is 4. The third-order valence-corrected chi connectivity index (χ3v) is 3.27. The van der Waals surface area contributed by atoms with Gasteiger partial charge in [-0.15, -0.1) is 0 Å². The van der Waals surface area contributed by atoms with Crippen LogP contribution in [0.2, 0.25) is 0 Å². The minimum atomic E-state index is -0.287. The molecule has 1 aliphatic heterocycles. The van der Waals surface area contributed by atoms with Gasteiger partial charge in [-0.25, -0.2) is 0 Å². The molecule has 4 heteroatoms. The molecular formula is C12H24N2O2. The molecule has 0 aromatic carbocycles. The number of carbonyl (C=O) groups is 1. The molecule has 0 spiro atoms. The van der Waals surface area contributed by atoms with E-state index in [2.05, 4.69) is 17.6 Å². The van der Waals surface area contributed by atoms with E-state index in [1.165, 1.54) is 0 Å². The molecule has 1 heterocycles. The average Bonchev–Trinajstić information content (AvgIpc) is 2.27. The van der Waals surface area contributed by atoms with E-state index in [0.29, 0.717) is 12.6 Å². The molecule has 2 N–H and O–H groups in total. The molecule has 2 atom stereocenters. The molecule has 0 bridgehead atoms. The zero-order chi connectivity index (χ0) is 12.2. The summed E-state index contributed by atoms with van der Waals surface area (Å²) in [5, 5.41) is 6.29. The SMILES string of the molecule is COC(C)(C)CNC(=O)C1CCC(C)NC1. The zero-order valence-corrected chi connectivity index (χ0v) is 10.8. The van der Waals surface area contributed by atoms with E-state index in [4.69, 9.17) is 4.74 Å². The molecule has 0 aliphatic carbocycles. The van der Waals surface area contributed by atoms with E-state index in [1.807, 2.05) is 13.8 Å². The molecule has 1 amide bonds. The Bertz CT molecular complexity index is 233.